The van der Waals surface area contributed by atoms with Crippen LogP contribution in [-0.2, 0) is 9.53 Å². The van der Waals surface area contributed by atoms with E-state index >= 15 is 0 Å². The molecule has 0 aromatic rings. The maximum absolute atomic E-state index is 12.5. The van der Waals surface area contributed by atoms with E-state index in [4.69, 9.17) is 4.74 Å². The number of fused-ring (bicyclic) bond motifs is 4. The third kappa shape index (κ3) is 5.00. The van der Waals surface area contributed by atoms with Gasteiger partial charge in [-0.2, -0.15) is 13.2 Å². The highest BCUT2D eigenvalue weighted by molar-refractivity contribution is 7.93. The molecular weight excluding hydrogens is 343 g/mol. The second-order valence-electron chi connectivity index (χ2n) is 6.95. The third-order valence-electron chi connectivity index (χ3n) is 4.25. The largest absolute Gasteiger partial charge is 0.621 e. The summed E-state index contributed by atoms with van der Waals surface area (Å²) in [4.78, 5) is 12.5. The molecule has 136 valence electrons. The Kier molecular flexibility index (Phi) is 5.71. The predicted molar refractivity (Wildman–Crippen MR) is 85.7 cm³/mol. The van der Waals surface area contributed by atoms with Crippen LogP contribution in [0.5, 0.6) is 0 Å². The number of carbonyl (C=O) groups excluding carboxylic acids is 1. The molecule has 0 radical (unpaired) electrons. The first-order valence-corrected chi connectivity index (χ1v) is 8.67. The molecule has 4 unspecified atom stereocenters. The van der Waals surface area contributed by atoms with E-state index in [-0.39, 0.29) is 12.5 Å². The number of hydroxylamine groups is 1. The summed E-state index contributed by atoms with van der Waals surface area (Å²) in [5.41, 5.74) is -2.86. The monoisotopic (exact) mass is 365 g/mol. The molecule has 4 nitrogen and oxygen atoms in total. The van der Waals surface area contributed by atoms with Crippen LogP contribution >= 0.6 is 11.9 Å². The molecule has 1 saturated carbocycles. The minimum absolute atomic E-state index is 0.218. The SMILES string of the molecule is CC1C=C2CC(=CC(C)(C(=O)OCC(C)[NH+]([O-])SC(F)(F)F)C1)C2. The number of quaternary nitrogens is 1. The van der Waals surface area contributed by atoms with E-state index in [9.17, 15) is 23.2 Å². The molecule has 1 N–H and O–H groups in total. The van der Waals surface area contributed by atoms with Crippen molar-refractivity contribution in [1.29, 1.82) is 0 Å². The summed E-state index contributed by atoms with van der Waals surface area (Å²) in [6, 6.07) is -1.00. The minimum Gasteiger partial charge on any atom is -0.621 e. The fourth-order valence-electron chi connectivity index (χ4n) is 3.18. The van der Waals surface area contributed by atoms with E-state index < -0.39 is 39.4 Å². The number of alkyl halides is 3. The first-order valence-electron chi connectivity index (χ1n) is 7.85. The van der Waals surface area contributed by atoms with Crippen molar-refractivity contribution >= 4 is 17.9 Å². The molecule has 0 spiro atoms. The van der Waals surface area contributed by atoms with Crippen LogP contribution in [0.25, 0.3) is 0 Å². The number of halogens is 3. The van der Waals surface area contributed by atoms with Gasteiger partial charge in [-0.05, 0) is 39.0 Å². The van der Waals surface area contributed by atoms with E-state index in [0.717, 1.165) is 12.8 Å². The lowest BCUT2D eigenvalue weighted by molar-refractivity contribution is -0.729. The second-order valence-corrected chi connectivity index (χ2v) is 8.02. The average molecular weight is 365 g/mol. The van der Waals surface area contributed by atoms with Gasteiger partial charge >= 0.3 is 11.5 Å². The zero-order valence-electron chi connectivity index (χ0n) is 13.9. The van der Waals surface area contributed by atoms with Gasteiger partial charge in [0.2, 0.25) is 0 Å². The van der Waals surface area contributed by atoms with Crippen LogP contribution in [0.4, 0.5) is 13.2 Å². The average Bonchev–Trinajstić information content (AvgIpc) is 2.37. The zero-order valence-corrected chi connectivity index (χ0v) is 14.7. The van der Waals surface area contributed by atoms with E-state index in [1.807, 2.05) is 13.0 Å². The smallest absolute Gasteiger partial charge is 0.496 e. The van der Waals surface area contributed by atoms with Crippen LogP contribution in [0.15, 0.2) is 23.3 Å². The molecule has 0 amide bonds. The Hall–Kier alpha value is -0.990. The van der Waals surface area contributed by atoms with Gasteiger partial charge in [-0.15, -0.1) is 0 Å². The van der Waals surface area contributed by atoms with Crippen molar-refractivity contribution in [3.05, 3.63) is 28.5 Å². The lowest BCUT2D eigenvalue weighted by atomic mass is 9.71. The fourth-order valence-corrected chi connectivity index (χ4v) is 3.68. The second kappa shape index (κ2) is 7.09. The quantitative estimate of drug-likeness (QED) is 0.352. The lowest BCUT2D eigenvalue weighted by Crippen LogP contribution is -3.05. The summed E-state index contributed by atoms with van der Waals surface area (Å²) < 4.78 is 40.8. The van der Waals surface area contributed by atoms with E-state index in [1.54, 1.807) is 6.92 Å². The van der Waals surface area contributed by atoms with Crippen molar-refractivity contribution in [3.63, 3.8) is 0 Å². The zero-order chi connectivity index (χ0) is 18.1. The lowest BCUT2D eigenvalue weighted by Gasteiger charge is -2.35. The molecule has 0 aliphatic heterocycles. The fraction of sp³-hybridized carbons (Fsp3) is 0.688. The number of allylic oxidation sites excluding steroid dienone is 3. The Balaban J connectivity index is 1.94. The van der Waals surface area contributed by atoms with Crippen molar-refractivity contribution in [2.75, 3.05) is 6.61 Å². The van der Waals surface area contributed by atoms with Crippen LogP contribution in [0.2, 0.25) is 0 Å². The summed E-state index contributed by atoms with van der Waals surface area (Å²) in [6.45, 7) is 4.81. The minimum atomic E-state index is -4.62. The Morgan fingerprint density at radius 3 is 2.71 bits per heavy atom. The highest BCUT2D eigenvalue weighted by Crippen LogP contribution is 2.43. The number of hydrogen-bond acceptors (Lipinski definition) is 4. The standard InChI is InChI=1S/C16H22F3NO3S/c1-10-4-12-5-13(6-12)8-15(3,7-10)14(21)23-9-11(2)20(22)24-16(17,18)19/h4,8,10-11,20H,5-7,9H2,1-3H3. The molecule has 3 aliphatic rings. The molecule has 0 heterocycles. The van der Waals surface area contributed by atoms with Crippen molar-refractivity contribution in [2.24, 2.45) is 11.3 Å². The van der Waals surface area contributed by atoms with Gasteiger partial charge in [-0.1, -0.05) is 30.2 Å². The molecule has 3 aliphatic carbocycles. The Morgan fingerprint density at radius 1 is 1.50 bits per heavy atom. The van der Waals surface area contributed by atoms with Crippen LogP contribution < -0.4 is 4.47 Å². The number of carbonyl (C=O) groups is 1. The summed E-state index contributed by atoms with van der Waals surface area (Å²) in [7, 11) is 0. The number of rotatable bonds is 5. The van der Waals surface area contributed by atoms with Gasteiger partial charge in [-0.3, -0.25) is 9.26 Å². The number of ether oxygens (including phenoxy) is 1. The molecule has 1 fully saturated rings. The van der Waals surface area contributed by atoms with Crippen molar-refractivity contribution in [2.45, 2.75) is 51.6 Å². The van der Waals surface area contributed by atoms with Crippen LogP contribution in [0.1, 0.15) is 40.0 Å². The van der Waals surface area contributed by atoms with Crippen LogP contribution in [-0.4, -0.2) is 24.1 Å². The topological polar surface area (TPSA) is 53.8 Å². The number of nitrogens with one attached hydrogen (secondary N) is 1. The van der Waals surface area contributed by atoms with Crippen molar-refractivity contribution < 1.29 is 27.2 Å². The molecule has 2 bridgehead atoms. The molecular formula is C16H22F3NO3S. The summed E-state index contributed by atoms with van der Waals surface area (Å²) in [6.07, 6.45) is 6.44. The van der Waals surface area contributed by atoms with Gasteiger partial charge in [0.05, 0.1) is 5.41 Å². The molecule has 8 heteroatoms. The number of hydrogen-bond donors (Lipinski definition) is 1. The van der Waals surface area contributed by atoms with Gasteiger partial charge in [0.1, 0.15) is 12.6 Å². The summed E-state index contributed by atoms with van der Waals surface area (Å²) in [5.74, 6) is -0.266. The predicted octanol–water partition coefficient (Wildman–Crippen LogP) is 3.16. The molecule has 0 aromatic carbocycles. The summed E-state index contributed by atoms with van der Waals surface area (Å²) >= 11 is -0.685. The highest BCUT2D eigenvalue weighted by atomic mass is 32.2. The van der Waals surface area contributed by atoms with Crippen LogP contribution in [0.3, 0.4) is 0 Å². The summed E-state index contributed by atoms with van der Waals surface area (Å²) in [5, 5.41) is 11.5. The third-order valence-corrected chi connectivity index (χ3v) is 5.08. The van der Waals surface area contributed by atoms with Gasteiger partial charge in [0.25, 0.3) is 0 Å². The van der Waals surface area contributed by atoms with E-state index in [2.05, 4.69) is 6.08 Å². The Labute approximate surface area is 143 Å². The van der Waals surface area contributed by atoms with Gasteiger partial charge in [-0.25, -0.2) is 0 Å². The number of esters is 1. The molecule has 0 saturated heterocycles. The van der Waals surface area contributed by atoms with Gasteiger partial charge in [0, 0.05) is 0 Å². The Bertz CT molecular complexity index is 551. The van der Waals surface area contributed by atoms with Crippen molar-refractivity contribution in [1.82, 2.24) is 0 Å². The molecule has 3 rings (SSSR count). The first kappa shape index (κ1) is 19.3. The van der Waals surface area contributed by atoms with Gasteiger partial charge in [0.15, 0.2) is 11.9 Å². The van der Waals surface area contributed by atoms with Gasteiger partial charge < -0.3 is 9.94 Å². The maximum atomic E-state index is 12.5. The molecule has 0 aromatic heterocycles. The van der Waals surface area contributed by atoms with E-state index in [0.29, 0.717) is 6.42 Å². The van der Waals surface area contributed by atoms with E-state index in [1.165, 1.54) is 18.1 Å². The van der Waals surface area contributed by atoms with Crippen LogP contribution in [0, 0.1) is 16.5 Å². The normalized spacial score (nSPS) is 29.4. The maximum Gasteiger partial charge on any atom is 0.496 e. The highest BCUT2D eigenvalue weighted by Gasteiger charge is 2.39. The molecule has 4 atom stereocenters. The molecule has 24 heavy (non-hydrogen) atoms. The van der Waals surface area contributed by atoms with Crippen molar-refractivity contribution in [3.8, 4) is 0 Å². The Morgan fingerprint density at radius 2 is 2.12 bits per heavy atom. The first-order chi connectivity index (χ1) is 11.0.